The molecule has 0 aliphatic carbocycles. The van der Waals surface area contributed by atoms with Crippen LogP contribution in [0.1, 0.15) is 130 Å². The van der Waals surface area contributed by atoms with E-state index in [1.54, 1.807) is 0 Å². The normalized spacial score (nSPS) is 15.7. The highest BCUT2D eigenvalue weighted by molar-refractivity contribution is 7.33. The molecule has 6 heteroatoms. The average molecular weight is 484 g/mol. The zero-order valence-corrected chi connectivity index (χ0v) is 23.7. The zero-order valence-electron chi connectivity index (χ0n) is 22.8. The van der Waals surface area contributed by atoms with Crippen molar-refractivity contribution in [3.63, 3.8) is 0 Å². The smallest absolute Gasteiger partial charge is 0.0871 e. The van der Waals surface area contributed by atoms with Crippen LogP contribution >= 0.6 is 8.60 Å². The van der Waals surface area contributed by atoms with Crippen molar-refractivity contribution >= 4 is 8.60 Å². The van der Waals surface area contributed by atoms with Gasteiger partial charge in [-0.05, 0) is 51.3 Å². The van der Waals surface area contributed by atoms with Crippen molar-refractivity contribution in [2.75, 3.05) is 6.61 Å². The third kappa shape index (κ3) is 8.87. The van der Waals surface area contributed by atoms with Gasteiger partial charge in [0.1, 0.15) is 0 Å². The molecule has 0 heterocycles. The molecular weight excluding hydrogens is 435 g/mol. The standard InChI is InChI=1S/C27H48O2.O3P/c1-12-14-17-27(13-2,18-28)23(29)19-15-16-20(24(3,4)5)22(26(9,10)11)21(19)25(6,7)8;1-4(2)3/h15-16,23,28-29H,12-14,17-18H2,1-11H3;/q;-3. The van der Waals surface area contributed by atoms with E-state index in [0.717, 1.165) is 31.2 Å². The van der Waals surface area contributed by atoms with Gasteiger partial charge in [-0.1, -0.05) is 101 Å². The second-order valence-electron chi connectivity index (χ2n) is 12.3. The fraction of sp³-hybridized carbons (Fsp3) is 0.778. The van der Waals surface area contributed by atoms with E-state index in [-0.39, 0.29) is 22.9 Å². The lowest BCUT2D eigenvalue weighted by Crippen LogP contribution is -2.36. The fourth-order valence-corrected chi connectivity index (χ4v) is 4.70. The third-order valence-electron chi connectivity index (χ3n) is 6.47. The lowest BCUT2D eigenvalue weighted by molar-refractivity contribution is -0.407. The van der Waals surface area contributed by atoms with Gasteiger partial charge >= 0.3 is 0 Å². The van der Waals surface area contributed by atoms with Crippen LogP contribution in [-0.2, 0) is 16.2 Å². The number of hydrogen-bond acceptors (Lipinski definition) is 5. The number of hydrogen-bond donors (Lipinski definition) is 2. The van der Waals surface area contributed by atoms with Crippen molar-refractivity contribution in [2.24, 2.45) is 5.41 Å². The summed E-state index contributed by atoms with van der Waals surface area (Å²) < 4.78 is 0. The number of unbranched alkanes of at least 4 members (excludes halogenated alkanes) is 1. The molecule has 0 aliphatic heterocycles. The minimum absolute atomic E-state index is 0.0140. The monoisotopic (exact) mass is 483 g/mol. The van der Waals surface area contributed by atoms with Gasteiger partial charge in [0.2, 0.25) is 0 Å². The number of benzene rings is 1. The maximum atomic E-state index is 11.7. The maximum Gasteiger partial charge on any atom is 0.0871 e. The summed E-state index contributed by atoms with van der Waals surface area (Å²) in [5.41, 5.74) is 4.34. The molecule has 0 fully saturated rings. The first-order chi connectivity index (χ1) is 14.8. The Hall–Kier alpha value is -0.550. The van der Waals surface area contributed by atoms with Gasteiger partial charge in [-0.2, -0.15) is 0 Å². The van der Waals surface area contributed by atoms with Gasteiger partial charge in [-0.25, -0.2) is 0 Å². The highest BCUT2D eigenvalue weighted by Gasteiger charge is 2.41. The summed E-state index contributed by atoms with van der Waals surface area (Å²) in [5, 5.41) is 22.1. The Morgan fingerprint density at radius 1 is 0.818 bits per heavy atom. The van der Waals surface area contributed by atoms with Gasteiger partial charge in [-0.15, -0.1) is 0 Å². The van der Waals surface area contributed by atoms with E-state index < -0.39 is 20.1 Å². The molecule has 0 aliphatic rings. The maximum absolute atomic E-state index is 11.7. The quantitative estimate of drug-likeness (QED) is 0.556. The molecule has 33 heavy (non-hydrogen) atoms. The van der Waals surface area contributed by atoms with E-state index in [9.17, 15) is 10.2 Å². The van der Waals surface area contributed by atoms with Crippen molar-refractivity contribution in [3.8, 4) is 0 Å². The molecule has 0 radical (unpaired) electrons. The van der Waals surface area contributed by atoms with Gasteiger partial charge in [0.05, 0.1) is 12.7 Å². The lowest BCUT2D eigenvalue weighted by atomic mass is 9.64. The lowest BCUT2D eigenvalue weighted by Gasteiger charge is -2.42. The predicted molar refractivity (Wildman–Crippen MR) is 134 cm³/mol. The summed E-state index contributed by atoms with van der Waals surface area (Å²) in [6, 6.07) is 4.37. The minimum atomic E-state index is -3.37. The molecule has 1 rings (SSSR count). The summed E-state index contributed by atoms with van der Waals surface area (Å²) in [5.74, 6) is 0. The Balaban J connectivity index is 0.00000235. The molecule has 0 bridgehead atoms. The van der Waals surface area contributed by atoms with Crippen molar-refractivity contribution in [2.45, 2.75) is 124 Å². The van der Waals surface area contributed by atoms with Crippen molar-refractivity contribution in [1.29, 1.82) is 0 Å². The zero-order chi connectivity index (χ0) is 26.4. The predicted octanol–water partition coefficient (Wildman–Crippen LogP) is 4.49. The van der Waals surface area contributed by atoms with Crippen LogP contribution in [0.2, 0.25) is 0 Å². The summed E-state index contributed by atoms with van der Waals surface area (Å²) in [4.78, 5) is 25.4. The van der Waals surface area contributed by atoms with Crippen LogP contribution in [0.5, 0.6) is 0 Å². The Bertz CT molecular complexity index is 717. The molecule has 0 aromatic heterocycles. The van der Waals surface area contributed by atoms with Gasteiger partial charge in [0, 0.05) is 5.41 Å². The first-order valence-corrected chi connectivity index (χ1v) is 13.2. The van der Waals surface area contributed by atoms with E-state index in [2.05, 4.69) is 88.3 Å². The average Bonchev–Trinajstić information content (AvgIpc) is 2.65. The van der Waals surface area contributed by atoms with E-state index in [4.69, 9.17) is 14.7 Å². The van der Waals surface area contributed by atoms with E-state index >= 15 is 0 Å². The van der Waals surface area contributed by atoms with Gasteiger partial charge in [-0.3, -0.25) is 0 Å². The molecule has 194 valence electrons. The Morgan fingerprint density at radius 3 is 1.58 bits per heavy atom. The molecule has 0 saturated carbocycles. The van der Waals surface area contributed by atoms with Gasteiger partial charge in [0.25, 0.3) is 0 Å². The SMILES string of the molecule is CCCCC(CC)(CO)C(O)c1ccc(C(C)(C)C)c(C(C)(C)C)c1C(C)(C)C.[O-]P([O-])[O-]. The molecule has 0 spiro atoms. The molecule has 2 atom stereocenters. The molecular formula is C27H48O5P-3. The summed E-state index contributed by atoms with van der Waals surface area (Å²) in [7, 11) is -3.37. The van der Waals surface area contributed by atoms with Crippen LogP contribution in [0.4, 0.5) is 0 Å². The van der Waals surface area contributed by atoms with Crippen LogP contribution in [0, 0.1) is 5.41 Å². The van der Waals surface area contributed by atoms with Crippen LogP contribution in [0.3, 0.4) is 0 Å². The molecule has 5 nitrogen and oxygen atoms in total. The number of aliphatic hydroxyl groups excluding tert-OH is 2. The highest BCUT2D eigenvalue weighted by atomic mass is 31.2. The molecule has 0 amide bonds. The molecule has 2 unspecified atom stereocenters. The van der Waals surface area contributed by atoms with E-state index in [1.807, 2.05) is 0 Å². The van der Waals surface area contributed by atoms with Crippen LogP contribution in [-0.4, -0.2) is 16.8 Å². The summed E-state index contributed by atoms with van der Waals surface area (Å²) in [6.45, 7) is 24.7. The van der Waals surface area contributed by atoms with Crippen molar-refractivity contribution in [3.05, 3.63) is 34.4 Å². The number of aliphatic hydroxyl groups is 2. The largest absolute Gasteiger partial charge is 0.854 e. The first kappa shape index (κ1) is 32.5. The third-order valence-corrected chi connectivity index (χ3v) is 6.47. The van der Waals surface area contributed by atoms with Crippen LogP contribution in [0.25, 0.3) is 0 Å². The Kier molecular flexibility index (Phi) is 12.2. The van der Waals surface area contributed by atoms with Crippen molar-refractivity contribution in [1.82, 2.24) is 0 Å². The Labute approximate surface area is 204 Å². The van der Waals surface area contributed by atoms with E-state index in [0.29, 0.717) is 0 Å². The molecule has 1 aromatic rings. The first-order valence-electron chi connectivity index (χ1n) is 12.1. The number of rotatable bonds is 7. The Morgan fingerprint density at radius 2 is 1.27 bits per heavy atom. The van der Waals surface area contributed by atoms with Crippen molar-refractivity contribution < 1.29 is 24.9 Å². The fourth-order valence-electron chi connectivity index (χ4n) is 4.70. The topological polar surface area (TPSA) is 110 Å². The van der Waals surface area contributed by atoms with Gasteiger partial charge < -0.3 is 33.5 Å². The van der Waals surface area contributed by atoms with E-state index in [1.165, 1.54) is 16.7 Å². The second-order valence-corrected chi connectivity index (χ2v) is 12.8. The minimum Gasteiger partial charge on any atom is -0.854 e. The second kappa shape index (κ2) is 12.4. The van der Waals surface area contributed by atoms with Crippen LogP contribution < -0.4 is 14.7 Å². The molecule has 0 saturated heterocycles. The highest BCUT2D eigenvalue weighted by Crippen LogP contribution is 2.48. The molecule has 1 aromatic carbocycles. The molecule has 2 N–H and O–H groups in total. The summed E-state index contributed by atoms with van der Waals surface area (Å²) in [6.07, 6.45) is 3.01. The van der Waals surface area contributed by atoms with Crippen LogP contribution in [0.15, 0.2) is 12.1 Å². The summed E-state index contributed by atoms with van der Waals surface area (Å²) >= 11 is 0. The van der Waals surface area contributed by atoms with Gasteiger partial charge in [0.15, 0.2) is 0 Å².